The van der Waals surface area contributed by atoms with Gasteiger partial charge in [0.1, 0.15) is 0 Å². The molecule has 16 heavy (non-hydrogen) atoms. The molecule has 1 N–H and O–H groups in total. The molecule has 0 bridgehead atoms. The molecular weight excluding hydrogens is 262 g/mol. The topological polar surface area (TPSA) is 12.0 Å². The number of unbranched alkanes of at least 4 members (excludes halogenated alkanes) is 2. The molecule has 0 spiro atoms. The molecule has 90 valence electrons. The van der Waals surface area contributed by atoms with Gasteiger partial charge < -0.3 is 5.32 Å². The molecule has 1 rings (SSSR count). The number of nitrogens with one attached hydrogen (secondary N) is 1. The fraction of sp³-hybridized carbons (Fsp3) is 0.571. The van der Waals surface area contributed by atoms with Gasteiger partial charge in [-0.15, -0.1) is 0 Å². The first-order valence-electron chi connectivity index (χ1n) is 6.24. The molecule has 0 fully saturated rings. The van der Waals surface area contributed by atoms with Crippen molar-refractivity contribution in [3.63, 3.8) is 0 Å². The molecule has 0 aliphatic rings. The van der Waals surface area contributed by atoms with Crippen LogP contribution in [0.25, 0.3) is 0 Å². The molecule has 0 saturated carbocycles. The average Bonchev–Trinajstić information content (AvgIpc) is 2.34. The van der Waals surface area contributed by atoms with E-state index in [2.05, 4.69) is 51.6 Å². The first-order valence-corrected chi connectivity index (χ1v) is 7.36. The first-order chi connectivity index (χ1) is 7.93. The van der Waals surface area contributed by atoms with E-state index in [0.717, 1.165) is 11.9 Å². The van der Waals surface area contributed by atoms with Gasteiger partial charge in [0.25, 0.3) is 0 Å². The van der Waals surface area contributed by atoms with Gasteiger partial charge >= 0.3 is 0 Å². The predicted molar refractivity (Wildman–Crippen MR) is 75.3 cm³/mol. The molecular formula is C14H22BrN. The van der Waals surface area contributed by atoms with Crippen molar-refractivity contribution >= 4 is 15.9 Å². The number of hydrogen-bond acceptors (Lipinski definition) is 1. The Morgan fingerprint density at radius 2 is 1.62 bits per heavy atom. The molecule has 1 aromatic rings. The second-order valence-electron chi connectivity index (χ2n) is 4.09. The zero-order valence-electron chi connectivity index (χ0n) is 9.92. The molecule has 1 aromatic carbocycles. The van der Waals surface area contributed by atoms with Crippen molar-refractivity contribution in [3.8, 4) is 0 Å². The van der Waals surface area contributed by atoms with Crippen LogP contribution >= 0.6 is 15.9 Å². The third-order valence-corrected chi connectivity index (χ3v) is 3.21. The van der Waals surface area contributed by atoms with Crippen LogP contribution in [0, 0.1) is 0 Å². The maximum atomic E-state index is 3.50. The van der Waals surface area contributed by atoms with E-state index in [1.54, 1.807) is 0 Å². The van der Waals surface area contributed by atoms with E-state index in [-0.39, 0.29) is 0 Å². The summed E-state index contributed by atoms with van der Waals surface area (Å²) in [5.74, 6) is 0. The predicted octanol–water partition coefficient (Wildman–Crippen LogP) is 3.77. The van der Waals surface area contributed by atoms with Gasteiger partial charge in [0.2, 0.25) is 0 Å². The van der Waals surface area contributed by atoms with Crippen molar-refractivity contribution in [3.05, 3.63) is 35.9 Å². The number of halogens is 1. The lowest BCUT2D eigenvalue weighted by Gasteiger charge is -2.04. The Kier molecular flexibility index (Phi) is 8.45. The summed E-state index contributed by atoms with van der Waals surface area (Å²) in [6, 6.07) is 10.7. The van der Waals surface area contributed by atoms with Gasteiger partial charge in [-0.1, -0.05) is 52.7 Å². The van der Waals surface area contributed by atoms with Crippen LogP contribution in [0.5, 0.6) is 0 Å². The second-order valence-corrected chi connectivity index (χ2v) is 4.88. The number of aryl methyl sites for hydroxylation is 1. The summed E-state index contributed by atoms with van der Waals surface area (Å²) in [6.45, 7) is 2.31. The zero-order chi connectivity index (χ0) is 11.5. The van der Waals surface area contributed by atoms with Crippen LogP contribution in [0.4, 0.5) is 0 Å². The lowest BCUT2D eigenvalue weighted by molar-refractivity contribution is 0.601. The molecule has 0 atom stereocenters. The Hall–Kier alpha value is -0.340. The maximum Gasteiger partial charge on any atom is 0.00313 e. The quantitative estimate of drug-likeness (QED) is 0.537. The van der Waals surface area contributed by atoms with Crippen LogP contribution in [0.3, 0.4) is 0 Å². The van der Waals surface area contributed by atoms with Gasteiger partial charge in [-0.2, -0.15) is 0 Å². The summed E-state index contributed by atoms with van der Waals surface area (Å²) in [6.07, 6.45) is 6.36. The molecule has 2 heteroatoms. The van der Waals surface area contributed by atoms with Crippen molar-refractivity contribution < 1.29 is 0 Å². The van der Waals surface area contributed by atoms with Crippen molar-refractivity contribution in [1.29, 1.82) is 0 Å². The minimum absolute atomic E-state index is 1.14. The summed E-state index contributed by atoms with van der Waals surface area (Å²) in [7, 11) is 0. The Morgan fingerprint density at radius 1 is 0.875 bits per heavy atom. The van der Waals surface area contributed by atoms with E-state index in [9.17, 15) is 0 Å². The number of benzene rings is 1. The van der Waals surface area contributed by atoms with Crippen LogP contribution < -0.4 is 5.32 Å². The Balaban J connectivity index is 1.89. The Bertz CT molecular complexity index is 248. The van der Waals surface area contributed by atoms with Gasteiger partial charge in [-0.05, 0) is 44.3 Å². The number of alkyl halides is 1. The summed E-state index contributed by atoms with van der Waals surface area (Å²) < 4.78 is 0. The fourth-order valence-electron chi connectivity index (χ4n) is 1.71. The summed E-state index contributed by atoms with van der Waals surface area (Å²) >= 11 is 3.45. The highest BCUT2D eigenvalue weighted by Gasteiger charge is 1.92. The lowest BCUT2D eigenvalue weighted by Crippen LogP contribution is -2.17. The van der Waals surface area contributed by atoms with Gasteiger partial charge in [0.05, 0.1) is 0 Å². The molecule has 0 unspecified atom stereocenters. The van der Waals surface area contributed by atoms with Crippen molar-refractivity contribution in [2.75, 3.05) is 18.4 Å². The lowest BCUT2D eigenvalue weighted by atomic mass is 10.1. The molecule has 0 amide bonds. The highest BCUT2D eigenvalue weighted by atomic mass is 79.9. The smallest absolute Gasteiger partial charge is 0.00313 e. The van der Waals surface area contributed by atoms with Crippen molar-refractivity contribution in [1.82, 2.24) is 5.32 Å². The van der Waals surface area contributed by atoms with Crippen LogP contribution in [-0.2, 0) is 6.42 Å². The largest absolute Gasteiger partial charge is 0.317 e. The molecule has 0 aromatic heterocycles. The van der Waals surface area contributed by atoms with E-state index in [1.807, 2.05) is 0 Å². The monoisotopic (exact) mass is 283 g/mol. The molecule has 0 radical (unpaired) electrons. The van der Waals surface area contributed by atoms with Gasteiger partial charge in [-0.3, -0.25) is 0 Å². The number of hydrogen-bond donors (Lipinski definition) is 1. The minimum Gasteiger partial charge on any atom is -0.317 e. The fourth-order valence-corrected chi connectivity index (χ4v) is 2.10. The third-order valence-electron chi connectivity index (χ3n) is 2.65. The van der Waals surface area contributed by atoms with Gasteiger partial charge in [0.15, 0.2) is 0 Å². The normalized spacial score (nSPS) is 10.6. The molecule has 0 heterocycles. The van der Waals surface area contributed by atoms with E-state index in [0.29, 0.717) is 0 Å². The Morgan fingerprint density at radius 3 is 2.38 bits per heavy atom. The highest BCUT2D eigenvalue weighted by Crippen LogP contribution is 2.01. The van der Waals surface area contributed by atoms with Crippen LogP contribution in [0.2, 0.25) is 0 Å². The summed E-state index contributed by atoms with van der Waals surface area (Å²) in [4.78, 5) is 0. The van der Waals surface area contributed by atoms with E-state index < -0.39 is 0 Å². The number of rotatable bonds is 9. The standard InChI is InChI=1S/C14H22BrN/c15-11-5-2-6-12-16-13-7-10-14-8-3-1-4-9-14/h1,3-4,8-9,16H,2,5-7,10-13H2. The molecule has 0 saturated heterocycles. The zero-order valence-corrected chi connectivity index (χ0v) is 11.5. The highest BCUT2D eigenvalue weighted by molar-refractivity contribution is 9.09. The summed E-state index contributed by atoms with van der Waals surface area (Å²) in [5.41, 5.74) is 1.45. The molecule has 1 nitrogen and oxygen atoms in total. The summed E-state index contributed by atoms with van der Waals surface area (Å²) in [5, 5.41) is 4.64. The van der Waals surface area contributed by atoms with Crippen LogP contribution in [0.15, 0.2) is 30.3 Å². The van der Waals surface area contributed by atoms with E-state index in [1.165, 1.54) is 44.2 Å². The average molecular weight is 284 g/mol. The van der Waals surface area contributed by atoms with Crippen LogP contribution in [0.1, 0.15) is 31.2 Å². The van der Waals surface area contributed by atoms with E-state index >= 15 is 0 Å². The molecule has 0 aliphatic heterocycles. The third kappa shape index (κ3) is 7.02. The van der Waals surface area contributed by atoms with Gasteiger partial charge in [-0.25, -0.2) is 0 Å². The molecule has 0 aliphatic carbocycles. The maximum absolute atomic E-state index is 3.50. The SMILES string of the molecule is BrCCCCCNCCCc1ccccc1. The van der Waals surface area contributed by atoms with Crippen molar-refractivity contribution in [2.45, 2.75) is 32.1 Å². The second kappa shape index (κ2) is 9.86. The van der Waals surface area contributed by atoms with Gasteiger partial charge in [0, 0.05) is 5.33 Å². The minimum atomic E-state index is 1.14. The van der Waals surface area contributed by atoms with E-state index in [4.69, 9.17) is 0 Å². The van der Waals surface area contributed by atoms with Crippen molar-refractivity contribution in [2.24, 2.45) is 0 Å². The first kappa shape index (κ1) is 13.7. The Labute approximate surface area is 108 Å². The van der Waals surface area contributed by atoms with Crippen LogP contribution in [-0.4, -0.2) is 18.4 Å².